The molecule has 0 aromatic heterocycles. The zero-order chi connectivity index (χ0) is 21.0. The molecule has 1 aliphatic heterocycles. The largest absolute Gasteiger partial charge is 0.381 e. The van der Waals surface area contributed by atoms with E-state index in [0.29, 0.717) is 19.6 Å². The molecule has 30 heavy (non-hydrogen) atoms. The molecule has 1 aliphatic rings. The van der Waals surface area contributed by atoms with Crippen molar-refractivity contribution in [2.24, 2.45) is 0 Å². The van der Waals surface area contributed by atoms with Gasteiger partial charge in [-0.15, -0.1) is 0 Å². The second-order valence-corrected chi connectivity index (χ2v) is 8.09. The smallest absolute Gasteiger partial charge is 0.220 e. The van der Waals surface area contributed by atoms with E-state index in [-0.39, 0.29) is 11.9 Å². The van der Waals surface area contributed by atoms with Crippen LogP contribution in [-0.4, -0.2) is 68.7 Å². The minimum Gasteiger partial charge on any atom is -0.381 e. The van der Waals surface area contributed by atoms with Gasteiger partial charge in [-0.1, -0.05) is 60.7 Å². The molecule has 0 aliphatic carbocycles. The molecule has 0 saturated carbocycles. The monoisotopic (exact) mass is 409 g/mol. The number of amides is 1. The molecule has 1 unspecified atom stereocenters. The maximum atomic E-state index is 12.6. The van der Waals surface area contributed by atoms with E-state index in [4.69, 9.17) is 4.74 Å². The molecule has 5 heteroatoms. The average Bonchev–Trinajstić information content (AvgIpc) is 2.78. The zero-order valence-corrected chi connectivity index (χ0v) is 18.1. The van der Waals surface area contributed by atoms with Gasteiger partial charge in [-0.3, -0.25) is 9.69 Å². The van der Waals surface area contributed by atoms with Gasteiger partial charge < -0.3 is 15.0 Å². The third-order valence-corrected chi connectivity index (χ3v) is 5.64. The first-order valence-corrected chi connectivity index (χ1v) is 11.1. The molecule has 1 amide bonds. The molecule has 0 radical (unpaired) electrons. The standard InChI is InChI=1S/C25H35N3O2/c1-27-15-17-28(18-16-27)21-24(23-11-6-3-7-12-23)26-25(29)13-8-19-30-20-14-22-9-4-2-5-10-22/h2-7,9-12,24H,8,13-21H2,1H3,(H,26,29). The molecule has 2 aromatic carbocycles. The summed E-state index contributed by atoms with van der Waals surface area (Å²) in [5, 5.41) is 3.26. The summed E-state index contributed by atoms with van der Waals surface area (Å²) in [7, 11) is 2.16. The summed E-state index contributed by atoms with van der Waals surface area (Å²) in [6.45, 7) is 6.43. The summed E-state index contributed by atoms with van der Waals surface area (Å²) in [6, 6.07) is 20.7. The normalized spacial score (nSPS) is 16.3. The number of piperazine rings is 1. The molecule has 1 atom stereocenters. The van der Waals surface area contributed by atoms with Crippen molar-refractivity contribution >= 4 is 5.91 Å². The highest BCUT2D eigenvalue weighted by Gasteiger charge is 2.21. The van der Waals surface area contributed by atoms with Crippen LogP contribution in [0.5, 0.6) is 0 Å². The Labute approximate surface area is 181 Å². The lowest BCUT2D eigenvalue weighted by atomic mass is 10.1. The maximum absolute atomic E-state index is 12.6. The molecule has 2 aromatic rings. The minimum atomic E-state index is 0.0288. The predicted octanol–water partition coefficient (Wildman–Crippen LogP) is 3.13. The van der Waals surface area contributed by atoms with Crippen LogP contribution in [0.15, 0.2) is 60.7 Å². The molecular weight excluding hydrogens is 374 g/mol. The van der Waals surface area contributed by atoms with Gasteiger partial charge in [-0.05, 0) is 31.0 Å². The van der Waals surface area contributed by atoms with E-state index < -0.39 is 0 Å². The van der Waals surface area contributed by atoms with Gasteiger partial charge in [0.1, 0.15) is 0 Å². The van der Waals surface area contributed by atoms with Crippen molar-refractivity contribution in [2.75, 3.05) is 53.0 Å². The molecule has 1 saturated heterocycles. The van der Waals surface area contributed by atoms with Crippen molar-refractivity contribution in [3.8, 4) is 0 Å². The van der Waals surface area contributed by atoms with Crippen molar-refractivity contribution in [1.29, 1.82) is 0 Å². The number of nitrogens with one attached hydrogen (secondary N) is 1. The van der Waals surface area contributed by atoms with Gasteiger partial charge in [-0.25, -0.2) is 0 Å². The van der Waals surface area contributed by atoms with Crippen LogP contribution in [0.25, 0.3) is 0 Å². The zero-order valence-electron chi connectivity index (χ0n) is 18.1. The number of hydrogen-bond acceptors (Lipinski definition) is 4. The van der Waals surface area contributed by atoms with Gasteiger partial charge in [0.15, 0.2) is 0 Å². The highest BCUT2D eigenvalue weighted by atomic mass is 16.5. The van der Waals surface area contributed by atoms with Gasteiger partial charge >= 0.3 is 0 Å². The van der Waals surface area contributed by atoms with E-state index in [1.54, 1.807) is 0 Å². The van der Waals surface area contributed by atoms with Crippen molar-refractivity contribution < 1.29 is 9.53 Å². The number of carbonyl (C=O) groups excluding carboxylic acids is 1. The molecule has 162 valence electrons. The maximum Gasteiger partial charge on any atom is 0.220 e. The summed E-state index contributed by atoms with van der Waals surface area (Å²) in [5.74, 6) is 0.102. The Morgan fingerprint density at radius 3 is 2.33 bits per heavy atom. The number of likely N-dealkylation sites (N-methyl/N-ethyl adjacent to an activating group) is 1. The predicted molar refractivity (Wildman–Crippen MR) is 121 cm³/mol. The fourth-order valence-corrected chi connectivity index (χ4v) is 3.75. The van der Waals surface area contributed by atoms with Crippen LogP contribution in [0.4, 0.5) is 0 Å². The number of rotatable bonds is 11. The van der Waals surface area contributed by atoms with Gasteiger partial charge in [0, 0.05) is 45.8 Å². The fraction of sp³-hybridized carbons (Fsp3) is 0.480. The summed E-state index contributed by atoms with van der Waals surface area (Å²) in [4.78, 5) is 17.4. The van der Waals surface area contributed by atoms with Crippen molar-refractivity contribution in [2.45, 2.75) is 25.3 Å². The lowest BCUT2D eigenvalue weighted by molar-refractivity contribution is -0.122. The van der Waals surface area contributed by atoms with Crippen molar-refractivity contribution in [3.63, 3.8) is 0 Å². The first-order chi connectivity index (χ1) is 14.7. The molecule has 0 spiro atoms. The molecular formula is C25H35N3O2. The summed E-state index contributed by atoms with van der Waals surface area (Å²) >= 11 is 0. The van der Waals surface area contributed by atoms with Crippen LogP contribution >= 0.6 is 0 Å². The summed E-state index contributed by atoms with van der Waals surface area (Å²) < 4.78 is 5.72. The average molecular weight is 410 g/mol. The highest BCUT2D eigenvalue weighted by Crippen LogP contribution is 2.16. The summed E-state index contributed by atoms with van der Waals surface area (Å²) in [6.07, 6.45) is 2.15. The molecule has 3 rings (SSSR count). The van der Waals surface area contributed by atoms with E-state index in [9.17, 15) is 4.79 Å². The third kappa shape index (κ3) is 7.90. The Bertz CT molecular complexity index is 731. The SMILES string of the molecule is CN1CCN(CC(NC(=O)CCCOCCc2ccccc2)c2ccccc2)CC1. The number of carbonyl (C=O) groups is 1. The second kappa shape index (κ2) is 12.5. The van der Waals surface area contributed by atoms with Crippen molar-refractivity contribution in [3.05, 3.63) is 71.8 Å². The fourth-order valence-electron chi connectivity index (χ4n) is 3.75. The van der Waals surface area contributed by atoms with E-state index >= 15 is 0 Å². The number of benzene rings is 2. The van der Waals surface area contributed by atoms with Crippen LogP contribution in [0, 0.1) is 0 Å². The Hall–Kier alpha value is -2.21. The van der Waals surface area contributed by atoms with Crippen LogP contribution in [-0.2, 0) is 16.0 Å². The quantitative estimate of drug-likeness (QED) is 0.579. The molecule has 1 N–H and O–H groups in total. The number of ether oxygens (including phenoxy) is 1. The van der Waals surface area contributed by atoms with Crippen LogP contribution < -0.4 is 5.32 Å². The Balaban J connectivity index is 1.39. The Morgan fingerprint density at radius 1 is 0.967 bits per heavy atom. The topological polar surface area (TPSA) is 44.8 Å². The van der Waals surface area contributed by atoms with Gasteiger partial charge in [0.25, 0.3) is 0 Å². The van der Waals surface area contributed by atoms with Gasteiger partial charge in [0.05, 0.1) is 12.6 Å². The van der Waals surface area contributed by atoms with Crippen LogP contribution in [0.2, 0.25) is 0 Å². The molecule has 0 bridgehead atoms. The van der Waals surface area contributed by atoms with E-state index in [1.165, 1.54) is 11.1 Å². The first kappa shape index (κ1) is 22.5. The van der Waals surface area contributed by atoms with Gasteiger partial charge in [0.2, 0.25) is 5.91 Å². The molecule has 1 heterocycles. The number of nitrogens with zero attached hydrogens (tertiary/aromatic N) is 2. The van der Waals surface area contributed by atoms with Gasteiger partial charge in [-0.2, -0.15) is 0 Å². The van der Waals surface area contributed by atoms with Crippen LogP contribution in [0.3, 0.4) is 0 Å². The van der Waals surface area contributed by atoms with Crippen LogP contribution in [0.1, 0.15) is 30.0 Å². The van der Waals surface area contributed by atoms with Crippen molar-refractivity contribution in [1.82, 2.24) is 15.1 Å². The summed E-state index contributed by atoms with van der Waals surface area (Å²) in [5.41, 5.74) is 2.45. The Kier molecular flexibility index (Phi) is 9.35. The lowest BCUT2D eigenvalue weighted by Gasteiger charge is -2.35. The Morgan fingerprint density at radius 2 is 1.63 bits per heavy atom. The molecule has 1 fully saturated rings. The highest BCUT2D eigenvalue weighted by molar-refractivity contribution is 5.76. The van der Waals surface area contributed by atoms with E-state index in [0.717, 1.165) is 45.6 Å². The number of hydrogen-bond donors (Lipinski definition) is 1. The minimum absolute atomic E-state index is 0.0288. The third-order valence-electron chi connectivity index (χ3n) is 5.64. The molecule has 5 nitrogen and oxygen atoms in total. The first-order valence-electron chi connectivity index (χ1n) is 11.1. The second-order valence-electron chi connectivity index (χ2n) is 8.09. The lowest BCUT2D eigenvalue weighted by Crippen LogP contribution is -2.47. The van der Waals surface area contributed by atoms with E-state index in [2.05, 4.69) is 46.4 Å². The van der Waals surface area contributed by atoms with E-state index in [1.807, 2.05) is 36.4 Å².